The number of likely N-dealkylation sites (tertiary alicyclic amines) is 1. The maximum absolute atomic E-state index is 12.4. The van der Waals surface area contributed by atoms with Crippen molar-refractivity contribution in [3.8, 4) is 0 Å². The second-order valence-electron chi connectivity index (χ2n) is 7.59. The molecule has 5 nitrogen and oxygen atoms in total. The highest BCUT2D eigenvalue weighted by atomic mass is 16.2. The van der Waals surface area contributed by atoms with Gasteiger partial charge in [0.25, 0.3) is 0 Å². The molecule has 1 heterocycles. The maximum Gasteiger partial charge on any atom is 0.319 e. The number of carbonyl (C=O) groups excluding carboxylic acids is 1. The molecule has 2 fully saturated rings. The number of piperidine rings is 1. The Balaban J connectivity index is 1.58. The third kappa shape index (κ3) is 3.90. The van der Waals surface area contributed by atoms with E-state index in [2.05, 4.69) is 53.7 Å². The van der Waals surface area contributed by atoms with Gasteiger partial charge in [-0.25, -0.2) is 4.79 Å². The summed E-state index contributed by atoms with van der Waals surface area (Å²) in [6.45, 7) is 2.84. The molecule has 0 radical (unpaired) electrons. The maximum atomic E-state index is 12.4. The van der Waals surface area contributed by atoms with E-state index in [1.165, 1.54) is 18.4 Å². The number of nitrogens with one attached hydrogen (secondary N) is 2. The van der Waals surface area contributed by atoms with Gasteiger partial charge in [0, 0.05) is 17.8 Å². The number of urea groups is 1. The Morgan fingerprint density at radius 3 is 2.54 bits per heavy atom. The largest absolute Gasteiger partial charge is 0.336 e. The summed E-state index contributed by atoms with van der Waals surface area (Å²) in [5.74, 6) is 0.628. The van der Waals surface area contributed by atoms with Crippen LogP contribution in [0.3, 0.4) is 0 Å². The Hall–Kier alpha value is -1.59. The van der Waals surface area contributed by atoms with Gasteiger partial charge in [0.1, 0.15) is 0 Å². The molecule has 2 N–H and O–H groups in total. The fourth-order valence-electron chi connectivity index (χ4n) is 3.59. The average molecular weight is 330 g/mol. The van der Waals surface area contributed by atoms with Gasteiger partial charge < -0.3 is 20.4 Å². The van der Waals surface area contributed by atoms with E-state index in [4.69, 9.17) is 0 Å². The number of carbonyl (C=O) groups is 1. The second-order valence-corrected chi connectivity index (χ2v) is 7.59. The number of amides is 2. The van der Waals surface area contributed by atoms with Crippen LogP contribution in [0.4, 0.5) is 10.5 Å². The van der Waals surface area contributed by atoms with Crippen LogP contribution in [-0.2, 0) is 0 Å². The molecule has 132 valence electrons. The standard InChI is InChI=1S/C19H30N4O/c1-22(2)19(10-12-23(3)13-11-19)14-20-18(24)21-17-7-5-4-6-16(17)15-8-9-15/h4-7,15H,8-14H2,1-3H3,(H2,20,21,24). The van der Waals surface area contributed by atoms with Crippen molar-refractivity contribution in [2.75, 3.05) is 46.1 Å². The van der Waals surface area contributed by atoms with Gasteiger partial charge in [0.2, 0.25) is 0 Å². The topological polar surface area (TPSA) is 47.6 Å². The van der Waals surface area contributed by atoms with Crippen LogP contribution in [0, 0.1) is 0 Å². The van der Waals surface area contributed by atoms with Crippen LogP contribution in [0.5, 0.6) is 0 Å². The summed E-state index contributed by atoms with van der Waals surface area (Å²) in [7, 11) is 6.40. The van der Waals surface area contributed by atoms with Gasteiger partial charge in [-0.05, 0) is 77.5 Å². The van der Waals surface area contributed by atoms with E-state index in [1.807, 2.05) is 12.1 Å². The van der Waals surface area contributed by atoms with E-state index in [0.717, 1.165) is 31.6 Å². The molecule has 0 aromatic heterocycles. The summed E-state index contributed by atoms with van der Waals surface area (Å²) in [6.07, 6.45) is 4.63. The Kier molecular flexibility index (Phi) is 5.11. The molecule has 2 amide bonds. The molecule has 1 saturated heterocycles. The van der Waals surface area contributed by atoms with Gasteiger partial charge >= 0.3 is 6.03 Å². The number of para-hydroxylation sites is 1. The minimum Gasteiger partial charge on any atom is -0.336 e. The van der Waals surface area contributed by atoms with Gasteiger partial charge in [0.15, 0.2) is 0 Å². The summed E-state index contributed by atoms with van der Waals surface area (Å²) in [5, 5.41) is 6.17. The van der Waals surface area contributed by atoms with Gasteiger partial charge in [-0.2, -0.15) is 0 Å². The molecule has 0 spiro atoms. The lowest BCUT2D eigenvalue weighted by Crippen LogP contribution is -2.58. The first-order chi connectivity index (χ1) is 11.5. The molecular formula is C19H30N4O. The van der Waals surface area contributed by atoms with E-state index in [0.29, 0.717) is 12.5 Å². The number of rotatable bonds is 5. The Bertz CT molecular complexity index is 574. The van der Waals surface area contributed by atoms with Crippen molar-refractivity contribution in [3.63, 3.8) is 0 Å². The third-order valence-corrected chi connectivity index (χ3v) is 5.67. The van der Waals surface area contributed by atoms with Crippen molar-refractivity contribution in [1.29, 1.82) is 0 Å². The second kappa shape index (κ2) is 7.11. The first-order valence-corrected chi connectivity index (χ1v) is 9.00. The highest BCUT2D eigenvalue weighted by Gasteiger charge is 2.36. The van der Waals surface area contributed by atoms with Crippen LogP contribution in [0.15, 0.2) is 24.3 Å². The summed E-state index contributed by atoms with van der Waals surface area (Å²) >= 11 is 0. The summed E-state index contributed by atoms with van der Waals surface area (Å²) in [5.41, 5.74) is 2.29. The Morgan fingerprint density at radius 1 is 1.25 bits per heavy atom. The van der Waals surface area contributed by atoms with E-state index < -0.39 is 0 Å². The molecule has 1 aliphatic heterocycles. The fourth-order valence-corrected chi connectivity index (χ4v) is 3.59. The van der Waals surface area contributed by atoms with Crippen molar-refractivity contribution >= 4 is 11.7 Å². The van der Waals surface area contributed by atoms with Crippen molar-refractivity contribution < 1.29 is 4.79 Å². The van der Waals surface area contributed by atoms with Gasteiger partial charge in [0.05, 0.1) is 0 Å². The molecule has 0 atom stereocenters. The molecule has 2 aliphatic rings. The average Bonchev–Trinajstić information content (AvgIpc) is 3.40. The van der Waals surface area contributed by atoms with Crippen molar-refractivity contribution in [2.24, 2.45) is 0 Å². The fraction of sp³-hybridized carbons (Fsp3) is 0.632. The Morgan fingerprint density at radius 2 is 1.92 bits per heavy atom. The lowest BCUT2D eigenvalue weighted by Gasteiger charge is -2.45. The van der Waals surface area contributed by atoms with Crippen molar-refractivity contribution in [1.82, 2.24) is 15.1 Å². The van der Waals surface area contributed by atoms with Crippen LogP contribution in [0.25, 0.3) is 0 Å². The normalized spacial score (nSPS) is 20.8. The number of hydrogen-bond donors (Lipinski definition) is 2. The highest BCUT2D eigenvalue weighted by molar-refractivity contribution is 5.90. The molecule has 3 rings (SSSR count). The first-order valence-electron chi connectivity index (χ1n) is 9.00. The molecule has 0 unspecified atom stereocenters. The first kappa shape index (κ1) is 17.2. The molecule has 0 bridgehead atoms. The molecule has 1 saturated carbocycles. The zero-order chi connectivity index (χ0) is 17.2. The van der Waals surface area contributed by atoms with Crippen LogP contribution in [0.1, 0.15) is 37.2 Å². The molecule has 1 aliphatic carbocycles. The quantitative estimate of drug-likeness (QED) is 0.873. The molecule has 1 aromatic rings. The number of hydrogen-bond acceptors (Lipinski definition) is 3. The van der Waals surface area contributed by atoms with Crippen LogP contribution >= 0.6 is 0 Å². The number of benzene rings is 1. The number of likely N-dealkylation sites (N-methyl/N-ethyl adjacent to an activating group) is 1. The van der Waals surface area contributed by atoms with Crippen molar-refractivity contribution in [3.05, 3.63) is 29.8 Å². The lowest BCUT2D eigenvalue weighted by molar-refractivity contribution is 0.0684. The number of nitrogens with zero attached hydrogens (tertiary/aromatic N) is 2. The zero-order valence-electron chi connectivity index (χ0n) is 15.1. The van der Waals surface area contributed by atoms with E-state index in [-0.39, 0.29) is 11.6 Å². The minimum absolute atomic E-state index is 0.0554. The molecule has 5 heteroatoms. The van der Waals surface area contributed by atoms with Gasteiger partial charge in [-0.1, -0.05) is 18.2 Å². The SMILES string of the molecule is CN1CCC(CNC(=O)Nc2ccccc2C2CC2)(N(C)C)CC1. The smallest absolute Gasteiger partial charge is 0.319 e. The highest BCUT2D eigenvalue weighted by Crippen LogP contribution is 2.43. The van der Waals surface area contributed by atoms with E-state index in [1.54, 1.807) is 0 Å². The van der Waals surface area contributed by atoms with Gasteiger partial charge in [-0.15, -0.1) is 0 Å². The monoisotopic (exact) mass is 330 g/mol. The third-order valence-electron chi connectivity index (χ3n) is 5.67. The van der Waals surface area contributed by atoms with Gasteiger partial charge in [-0.3, -0.25) is 0 Å². The molecule has 1 aromatic carbocycles. The summed E-state index contributed by atoms with van der Waals surface area (Å²) < 4.78 is 0. The zero-order valence-corrected chi connectivity index (χ0v) is 15.1. The Labute approximate surface area is 145 Å². The van der Waals surface area contributed by atoms with Crippen LogP contribution < -0.4 is 10.6 Å². The summed E-state index contributed by atoms with van der Waals surface area (Å²) in [6, 6.07) is 8.08. The van der Waals surface area contributed by atoms with E-state index >= 15 is 0 Å². The predicted molar refractivity (Wildman–Crippen MR) is 98.6 cm³/mol. The van der Waals surface area contributed by atoms with Crippen LogP contribution in [0.2, 0.25) is 0 Å². The van der Waals surface area contributed by atoms with Crippen LogP contribution in [-0.4, -0.2) is 62.1 Å². The lowest BCUT2D eigenvalue weighted by atomic mass is 9.86. The summed E-state index contributed by atoms with van der Waals surface area (Å²) in [4.78, 5) is 17.1. The minimum atomic E-state index is -0.0942. The predicted octanol–water partition coefficient (Wildman–Crippen LogP) is 2.71. The molecule has 24 heavy (non-hydrogen) atoms. The molecular weight excluding hydrogens is 300 g/mol. The number of anilines is 1. The van der Waals surface area contributed by atoms with Crippen molar-refractivity contribution in [2.45, 2.75) is 37.1 Å². The van der Waals surface area contributed by atoms with E-state index in [9.17, 15) is 4.79 Å².